The number of methoxy groups -OCH3 is 1. The van der Waals surface area contributed by atoms with Crippen LogP contribution >= 0.6 is 11.6 Å². The zero-order valence-corrected chi connectivity index (χ0v) is 17.5. The van der Waals surface area contributed by atoms with E-state index in [4.69, 9.17) is 16.3 Å². The van der Waals surface area contributed by atoms with Crippen molar-refractivity contribution in [2.24, 2.45) is 10.2 Å². The van der Waals surface area contributed by atoms with Gasteiger partial charge in [0.15, 0.2) is 0 Å². The number of hydrogen-bond donors (Lipinski definition) is 0. The first-order valence-electron chi connectivity index (χ1n) is 9.57. The zero-order valence-electron chi connectivity index (χ0n) is 16.7. The van der Waals surface area contributed by atoms with Crippen LogP contribution in [0.3, 0.4) is 0 Å². The molecule has 0 radical (unpaired) electrons. The van der Waals surface area contributed by atoms with Gasteiger partial charge in [0.25, 0.3) is 11.8 Å². The number of amides is 2. The average molecular weight is 439 g/mol. The Bertz CT molecular complexity index is 1190. The van der Waals surface area contributed by atoms with E-state index >= 15 is 0 Å². The summed E-state index contributed by atoms with van der Waals surface area (Å²) in [6, 6.07) is 8.78. The van der Waals surface area contributed by atoms with Crippen molar-refractivity contribution in [3.63, 3.8) is 0 Å². The van der Waals surface area contributed by atoms with Gasteiger partial charge >= 0.3 is 0 Å². The number of ether oxygens (including phenoxy) is 1. The molecule has 1 heterocycles. The molecule has 9 heteroatoms. The van der Waals surface area contributed by atoms with Crippen molar-refractivity contribution < 1.29 is 24.2 Å². The summed E-state index contributed by atoms with van der Waals surface area (Å²) in [5.74, 6) is -2.16. The van der Waals surface area contributed by atoms with Crippen LogP contribution in [-0.4, -0.2) is 42.3 Å². The van der Waals surface area contributed by atoms with E-state index in [1.807, 2.05) is 6.92 Å². The first-order valence-corrected chi connectivity index (χ1v) is 9.94. The Hall–Kier alpha value is -3.36. The van der Waals surface area contributed by atoms with Gasteiger partial charge in [-0.2, -0.15) is 0 Å². The summed E-state index contributed by atoms with van der Waals surface area (Å²) in [7, 11) is 1.49. The number of rotatable bonds is 6. The second kappa shape index (κ2) is 8.05. The maximum absolute atomic E-state index is 13.1. The van der Waals surface area contributed by atoms with Crippen molar-refractivity contribution in [2.75, 3.05) is 13.7 Å². The molecule has 0 spiro atoms. The number of carbonyl (C=O) groups excluding carboxylic acids is 3. The molecular formula is C22H17ClN3O5-. The number of halogens is 1. The highest BCUT2D eigenvalue weighted by Crippen LogP contribution is 2.39. The van der Waals surface area contributed by atoms with Crippen LogP contribution in [0.5, 0.6) is 0 Å². The summed E-state index contributed by atoms with van der Waals surface area (Å²) in [6.07, 6.45) is 0.503. The van der Waals surface area contributed by atoms with E-state index in [1.54, 1.807) is 12.1 Å². The van der Waals surface area contributed by atoms with Gasteiger partial charge < -0.3 is 9.84 Å². The van der Waals surface area contributed by atoms with Crippen LogP contribution in [0.2, 0.25) is 5.02 Å². The summed E-state index contributed by atoms with van der Waals surface area (Å²) in [5, 5.41) is 20.4. The predicted octanol–water partition coefficient (Wildman–Crippen LogP) is 3.37. The molecule has 0 saturated heterocycles. The number of Topliss-reactive ketones (excluding diaryl/α,β-unsaturated/α-hetero) is 1. The SMILES string of the molecule is CCC(COC)N1C(=O)c2ccc(Cl)c(N=NC3=C([O-])c4ccccc4C3=O)c2C1=O. The minimum Gasteiger partial charge on any atom is -0.870 e. The Kier molecular flexibility index (Phi) is 5.43. The fourth-order valence-electron chi connectivity index (χ4n) is 3.73. The number of allylic oxidation sites excluding steroid dienone is 1. The number of azo groups is 1. The molecule has 0 fully saturated rings. The lowest BCUT2D eigenvalue weighted by Crippen LogP contribution is -2.42. The maximum atomic E-state index is 13.1. The standard InChI is InChI=1S/C22H18ClN3O5/c1-3-11(10-31-2)26-21(29)14-8-9-15(23)17(16(14)22(26)30)24-25-18-19(27)12-6-4-5-7-13(12)20(18)28/h4-9,11,27H,3,10H2,1-2H3/p-1. The lowest BCUT2D eigenvalue weighted by molar-refractivity contribution is -0.244. The normalized spacial score (nSPS) is 16.5. The first kappa shape index (κ1) is 20.9. The molecule has 1 aliphatic carbocycles. The molecule has 1 aliphatic heterocycles. The average Bonchev–Trinajstić information content (AvgIpc) is 3.16. The second-order valence-electron chi connectivity index (χ2n) is 7.07. The van der Waals surface area contributed by atoms with E-state index < -0.39 is 29.4 Å². The summed E-state index contributed by atoms with van der Waals surface area (Å²) in [5.41, 5.74) is 0.190. The molecule has 4 rings (SSSR count). The van der Waals surface area contributed by atoms with Gasteiger partial charge in [-0.1, -0.05) is 48.5 Å². The van der Waals surface area contributed by atoms with Gasteiger partial charge in [0.05, 0.1) is 28.8 Å². The quantitative estimate of drug-likeness (QED) is 0.507. The fraction of sp³-hybridized carbons (Fsp3) is 0.227. The van der Waals surface area contributed by atoms with Gasteiger partial charge in [-0.15, -0.1) is 10.2 Å². The van der Waals surface area contributed by atoms with Crippen molar-refractivity contribution in [1.29, 1.82) is 0 Å². The van der Waals surface area contributed by atoms with E-state index in [2.05, 4.69) is 10.2 Å². The number of imide groups is 1. The van der Waals surface area contributed by atoms with Crippen molar-refractivity contribution in [2.45, 2.75) is 19.4 Å². The van der Waals surface area contributed by atoms with Gasteiger partial charge in [-0.25, -0.2) is 0 Å². The van der Waals surface area contributed by atoms with Crippen LogP contribution in [0.15, 0.2) is 52.3 Å². The highest BCUT2D eigenvalue weighted by Gasteiger charge is 2.42. The van der Waals surface area contributed by atoms with Gasteiger partial charge in [0.2, 0.25) is 5.78 Å². The Morgan fingerprint density at radius 1 is 1.03 bits per heavy atom. The minimum absolute atomic E-state index is 0.00758. The third-order valence-corrected chi connectivity index (χ3v) is 5.61. The van der Waals surface area contributed by atoms with Crippen LogP contribution in [-0.2, 0) is 4.74 Å². The first-order chi connectivity index (χ1) is 14.9. The summed E-state index contributed by atoms with van der Waals surface area (Å²) < 4.78 is 5.13. The molecule has 1 unspecified atom stereocenters. The molecule has 31 heavy (non-hydrogen) atoms. The van der Waals surface area contributed by atoms with Crippen molar-refractivity contribution in [3.05, 3.63) is 69.4 Å². The van der Waals surface area contributed by atoms with Crippen molar-refractivity contribution in [3.8, 4) is 0 Å². The minimum atomic E-state index is -0.572. The molecular weight excluding hydrogens is 422 g/mol. The third kappa shape index (κ3) is 3.24. The molecule has 2 aromatic rings. The Morgan fingerprint density at radius 3 is 2.39 bits per heavy atom. The largest absolute Gasteiger partial charge is 0.870 e. The number of hydrogen-bond acceptors (Lipinski definition) is 7. The predicted molar refractivity (Wildman–Crippen MR) is 110 cm³/mol. The summed E-state index contributed by atoms with van der Waals surface area (Å²) >= 11 is 6.25. The lowest BCUT2D eigenvalue weighted by Gasteiger charge is -2.24. The molecule has 8 nitrogen and oxygen atoms in total. The van der Waals surface area contributed by atoms with Gasteiger partial charge in [-0.05, 0) is 24.1 Å². The highest BCUT2D eigenvalue weighted by atomic mass is 35.5. The third-order valence-electron chi connectivity index (χ3n) is 5.30. The van der Waals surface area contributed by atoms with Gasteiger partial charge in [0.1, 0.15) is 11.4 Å². The molecule has 158 valence electrons. The maximum Gasteiger partial charge on any atom is 0.264 e. The van der Waals surface area contributed by atoms with Crippen LogP contribution in [0.1, 0.15) is 50.0 Å². The summed E-state index contributed by atoms with van der Waals surface area (Å²) in [6.45, 7) is 2.03. The number of fused-ring (bicyclic) bond motifs is 2. The topological polar surface area (TPSA) is 111 Å². The zero-order chi connectivity index (χ0) is 22.3. The van der Waals surface area contributed by atoms with E-state index in [0.717, 1.165) is 4.90 Å². The highest BCUT2D eigenvalue weighted by molar-refractivity contribution is 6.35. The van der Waals surface area contributed by atoms with Gasteiger partial charge in [0, 0.05) is 12.7 Å². The Morgan fingerprint density at radius 2 is 1.74 bits per heavy atom. The van der Waals surface area contributed by atoms with Crippen LogP contribution < -0.4 is 5.11 Å². The molecule has 2 aliphatic rings. The number of benzene rings is 2. The van der Waals surface area contributed by atoms with Crippen molar-refractivity contribution >= 4 is 40.6 Å². The molecule has 2 amide bonds. The summed E-state index contributed by atoms with van der Waals surface area (Å²) in [4.78, 5) is 39.6. The molecule has 1 atom stereocenters. The van der Waals surface area contributed by atoms with Crippen LogP contribution in [0.4, 0.5) is 5.69 Å². The molecule has 2 aromatic carbocycles. The van der Waals surface area contributed by atoms with Crippen molar-refractivity contribution in [1.82, 2.24) is 4.90 Å². The number of ketones is 1. The second-order valence-corrected chi connectivity index (χ2v) is 7.48. The lowest BCUT2D eigenvalue weighted by atomic mass is 10.1. The Balaban J connectivity index is 1.75. The van der Waals surface area contributed by atoms with E-state index in [0.29, 0.717) is 6.42 Å². The van der Waals surface area contributed by atoms with E-state index in [1.165, 1.54) is 31.4 Å². The fourth-order valence-corrected chi connectivity index (χ4v) is 3.92. The Labute approximate surface area is 182 Å². The van der Waals surface area contributed by atoms with Crippen LogP contribution in [0, 0.1) is 0 Å². The number of nitrogens with zero attached hydrogens (tertiary/aromatic N) is 3. The van der Waals surface area contributed by atoms with Crippen LogP contribution in [0.25, 0.3) is 5.76 Å². The number of carbonyl (C=O) groups is 3. The van der Waals surface area contributed by atoms with E-state index in [9.17, 15) is 19.5 Å². The molecule has 0 saturated carbocycles. The molecule has 0 aromatic heterocycles. The molecule has 0 bridgehead atoms. The van der Waals surface area contributed by atoms with Gasteiger partial charge in [-0.3, -0.25) is 19.3 Å². The smallest absolute Gasteiger partial charge is 0.264 e. The molecule has 0 N–H and O–H groups in total. The monoisotopic (exact) mass is 438 g/mol. The van der Waals surface area contributed by atoms with E-state index in [-0.39, 0.29) is 45.3 Å².